The van der Waals surface area contributed by atoms with E-state index in [1.54, 1.807) is 12.1 Å². The molecular weight excluding hydrogens is 340 g/mol. The summed E-state index contributed by atoms with van der Waals surface area (Å²) >= 11 is 6.05. The first-order chi connectivity index (χ1) is 12.0. The lowest BCUT2D eigenvalue weighted by Crippen LogP contribution is -2.38. The predicted molar refractivity (Wildman–Crippen MR) is 96.9 cm³/mol. The van der Waals surface area contributed by atoms with Crippen LogP contribution in [-0.4, -0.2) is 59.5 Å². The average Bonchev–Trinajstić information content (AvgIpc) is 3.12. The first-order valence-corrected chi connectivity index (χ1v) is 8.91. The summed E-state index contributed by atoms with van der Waals surface area (Å²) in [5.74, 6) is 0.399. The van der Waals surface area contributed by atoms with E-state index in [2.05, 4.69) is 15.3 Å². The van der Waals surface area contributed by atoms with Crippen molar-refractivity contribution in [3.05, 3.63) is 40.4 Å². The maximum absolute atomic E-state index is 11.5. The van der Waals surface area contributed by atoms with E-state index in [1.807, 2.05) is 24.3 Å². The number of fused-ring (bicyclic) bond motifs is 1. The van der Waals surface area contributed by atoms with Gasteiger partial charge in [-0.15, -0.1) is 0 Å². The highest BCUT2D eigenvalue weighted by Gasteiger charge is 2.37. The largest absolute Gasteiger partial charge is 0.370 e. The van der Waals surface area contributed by atoms with Crippen LogP contribution < -0.4 is 5.32 Å². The van der Waals surface area contributed by atoms with E-state index in [1.165, 1.54) is 0 Å². The van der Waals surface area contributed by atoms with Crippen LogP contribution in [0.3, 0.4) is 0 Å². The van der Waals surface area contributed by atoms with Crippen LogP contribution in [0, 0.1) is 5.92 Å². The number of rotatable bonds is 3. The fraction of sp³-hybridized carbons (Fsp3) is 0.444. The van der Waals surface area contributed by atoms with Gasteiger partial charge >= 0.3 is 0 Å². The van der Waals surface area contributed by atoms with Crippen LogP contribution in [-0.2, 0) is 4.79 Å². The van der Waals surface area contributed by atoms with Crippen molar-refractivity contribution in [1.29, 1.82) is 0 Å². The third-order valence-electron chi connectivity index (χ3n) is 5.05. The number of benzene rings is 1. The third kappa shape index (κ3) is 3.00. The van der Waals surface area contributed by atoms with Crippen LogP contribution in [0.2, 0.25) is 5.02 Å². The van der Waals surface area contributed by atoms with E-state index in [0.717, 1.165) is 42.1 Å². The number of likely N-dealkylation sites (N-methyl/N-ethyl adjacent to an activating group) is 1. The van der Waals surface area contributed by atoms with Crippen molar-refractivity contribution >= 4 is 28.9 Å². The molecule has 2 unspecified atom stereocenters. The summed E-state index contributed by atoms with van der Waals surface area (Å²) < 4.78 is 0. The van der Waals surface area contributed by atoms with Gasteiger partial charge in [0.05, 0.1) is 11.4 Å². The second-order valence-electron chi connectivity index (χ2n) is 6.83. The van der Waals surface area contributed by atoms with Gasteiger partial charge in [0.15, 0.2) is 6.23 Å². The van der Waals surface area contributed by atoms with Gasteiger partial charge in [-0.2, -0.15) is 5.10 Å². The number of hydrogen-bond acceptors (Lipinski definition) is 5. The molecule has 3 aliphatic rings. The van der Waals surface area contributed by atoms with Gasteiger partial charge in [-0.3, -0.25) is 9.80 Å². The summed E-state index contributed by atoms with van der Waals surface area (Å²) in [6.45, 7) is 2.32. The van der Waals surface area contributed by atoms with Gasteiger partial charge < -0.3 is 15.3 Å². The van der Waals surface area contributed by atoms with Gasteiger partial charge in [0, 0.05) is 56.0 Å². The topological polar surface area (TPSA) is 68.2 Å². The number of carbonyl (C=O) groups excluding carboxylic acids is 1. The Bertz CT molecular complexity index is 759. The average molecular weight is 361 g/mol. The highest BCUT2D eigenvalue weighted by atomic mass is 35.5. The Morgan fingerprint density at radius 3 is 2.80 bits per heavy atom. The molecule has 3 aliphatic heterocycles. The molecule has 132 valence electrons. The number of amides is 1. The Kier molecular flexibility index (Phi) is 4.17. The molecule has 1 fully saturated rings. The third-order valence-corrected chi connectivity index (χ3v) is 5.30. The quantitative estimate of drug-likeness (QED) is 0.857. The minimum atomic E-state index is -0.744. The van der Waals surface area contributed by atoms with Crippen molar-refractivity contribution in [3.8, 4) is 0 Å². The second-order valence-corrected chi connectivity index (χ2v) is 7.27. The van der Waals surface area contributed by atoms with Crippen molar-refractivity contribution in [2.24, 2.45) is 11.0 Å². The van der Waals surface area contributed by atoms with E-state index in [0.29, 0.717) is 18.0 Å². The molecule has 0 aromatic heterocycles. The number of aliphatic hydroxyl groups excluding tert-OH is 1. The summed E-state index contributed by atoms with van der Waals surface area (Å²) in [7, 11) is 1.78. The lowest BCUT2D eigenvalue weighted by Gasteiger charge is -2.35. The van der Waals surface area contributed by atoms with Crippen LogP contribution in [0.1, 0.15) is 18.4 Å². The summed E-state index contributed by atoms with van der Waals surface area (Å²) in [5.41, 5.74) is 3.82. The normalized spacial score (nSPS) is 26.0. The van der Waals surface area contributed by atoms with E-state index in [-0.39, 0.29) is 11.8 Å². The van der Waals surface area contributed by atoms with Gasteiger partial charge in [-0.1, -0.05) is 23.7 Å². The molecule has 6 nitrogen and oxygen atoms in total. The van der Waals surface area contributed by atoms with Crippen molar-refractivity contribution in [2.45, 2.75) is 19.1 Å². The molecule has 0 radical (unpaired) electrons. The zero-order valence-electron chi connectivity index (χ0n) is 14.1. The van der Waals surface area contributed by atoms with Gasteiger partial charge in [-0.25, -0.2) is 0 Å². The summed E-state index contributed by atoms with van der Waals surface area (Å²) in [6, 6.07) is 7.67. The van der Waals surface area contributed by atoms with Crippen LogP contribution in [0.25, 0.3) is 5.70 Å². The van der Waals surface area contributed by atoms with E-state index in [4.69, 9.17) is 11.6 Å². The molecule has 0 saturated carbocycles. The van der Waals surface area contributed by atoms with E-state index in [9.17, 15) is 9.90 Å². The fourth-order valence-electron chi connectivity index (χ4n) is 3.84. The van der Waals surface area contributed by atoms with Crippen molar-refractivity contribution in [2.75, 3.05) is 26.7 Å². The van der Waals surface area contributed by atoms with Crippen LogP contribution in [0.15, 0.2) is 34.9 Å². The number of nitrogens with zero attached hydrogens (tertiary/aromatic N) is 3. The number of aliphatic hydroxyl groups is 1. The molecule has 1 saturated heterocycles. The predicted octanol–water partition coefficient (Wildman–Crippen LogP) is 1.51. The van der Waals surface area contributed by atoms with E-state index >= 15 is 0 Å². The SMILES string of the molecule is CN1N=C2CCN(CC3CNC(=O)C3)C(c3ccc(Cl)cc3)=C2C1O. The van der Waals surface area contributed by atoms with Gasteiger partial charge in [-0.05, 0) is 17.7 Å². The van der Waals surface area contributed by atoms with Crippen LogP contribution in [0.5, 0.6) is 0 Å². The van der Waals surface area contributed by atoms with Crippen molar-refractivity contribution < 1.29 is 9.90 Å². The lowest BCUT2D eigenvalue weighted by molar-refractivity contribution is -0.119. The van der Waals surface area contributed by atoms with Crippen molar-refractivity contribution in [1.82, 2.24) is 15.2 Å². The van der Waals surface area contributed by atoms with Gasteiger partial charge in [0.2, 0.25) is 5.91 Å². The monoisotopic (exact) mass is 360 g/mol. The number of carbonyl (C=O) groups is 1. The highest BCUT2D eigenvalue weighted by molar-refractivity contribution is 6.30. The minimum absolute atomic E-state index is 0.116. The summed E-state index contributed by atoms with van der Waals surface area (Å²) in [4.78, 5) is 13.8. The maximum Gasteiger partial charge on any atom is 0.220 e. The lowest BCUT2D eigenvalue weighted by atomic mass is 9.93. The van der Waals surface area contributed by atoms with E-state index < -0.39 is 6.23 Å². The minimum Gasteiger partial charge on any atom is -0.370 e. The molecule has 2 atom stereocenters. The number of nitrogens with one attached hydrogen (secondary N) is 1. The molecule has 1 amide bonds. The first-order valence-electron chi connectivity index (χ1n) is 8.53. The molecule has 0 bridgehead atoms. The smallest absolute Gasteiger partial charge is 0.220 e. The Hall–Kier alpha value is -2.05. The summed E-state index contributed by atoms with van der Waals surface area (Å²) in [5, 5.41) is 20.3. The Morgan fingerprint density at radius 1 is 1.36 bits per heavy atom. The van der Waals surface area contributed by atoms with Crippen molar-refractivity contribution in [3.63, 3.8) is 0 Å². The Balaban J connectivity index is 1.73. The molecule has 7 heteroatoms. The first kappa shape index (κ1) is 16.4. The number of hydrogen-bond donors (Lipinski definition) is 2. The molecule has 1 aromatic carbocycles. The summed E-state index contributed by atoms with van der Waals surface area (Å²) in [6.07, 6.45) is 0.609. The van der Waals surface area contributed by atoms with Crippen LogP contribution >= 0.6 is 11.6 Å². The molecule has 0 spiro atoms. The second kappa shape index (κ2) is 6.35. The van der Waals surface area contributed by atoms with Crippen LogP contribution in [0.4, 0.5) is 0 Å². The molecule has 0 aliphatic carbocycles. The molecule has 1 aromatic rings. The number of hydrazone groups is 1. The molecule has 2 N–H and O–H groups in total. The molecular formula is C18H21ClN4O2. The maximum atomic E-state index is 11.5. The Labute approximate surface area is 151 Å². The molecule has 4 rings (SSSR count). The standard InChI is InChI=1S/C18H21ClN4O2/c1-22-18(25)16-14(21-22)6-7-23(10-11-8-15(24)20-9-11)17(16)12-2-4-13(19)5-3-12/h2-5,11,18,25H,6-10H2,1H3,(H,20,24). The zero-order chi connectivity index (χ0) is 17.6. The van der Waals surface area contributed by atoms with Gasteiger partial charge in [0.1, 0.15) is 0 Å². The zero-order valence-corrected chi connectivity index (χ0v) is 14.8. The molecule has 25 heavy (non-hydrogen) atoms. The highest BCUT2D eigenvalue weighted by Crippen LogP contribution is 2.36. The fourth-order valence-corrected chi connectivity index (χ4v) is 3.96. The molecule has 3 heterocycles. The Morgan fingerprint density at radius 2 is 2.12 bits per heavy atom. The number of halogens is 1. The van der Waals surface area contributed by atoms with Gasteiger partial charge in [0.25, 0.3) is 0 Å².